The lowest BCUT2D eigenvalue weighted by atomic mass is 10.3. The summed E-state index contributed by atoms with van der Waals surface area (Å²) in [5, 5.41) is 13.0. The number of hydrogen-bond acceptors (Lipinski definition) is 5. The molecular weight excluding hydrogens is 268 g/mol. The quantitative estimate of drug-likeness (QED) is 0.894. The predicted molar refractivity (Wildman–Crippen MR) is 70.0 cm³/mol. The van der Waals surface area contributed by atoms with Gasteiger partial charge in [-0.3, -0.25) is 4.79 Å². The molecule has 2 rings (SSSR count). The summed E-state index contributed by atoms with van der Waals surface area (Å²) in [6.45, 7) is 0. The number of aromatic carboxylic acids is 1. The van der Waals surface area contributed by atoms with E-state index in [1.54, 1.807) is 11.4 Å². The van der Waals surface area contributed by atoms with Crippen LogP contribution in [0.4, 0.5) is 5.82 Å². The number of methoxy groups -OCH3 is 1. The molecule has 0 saturated carbocycles. The molecule has 0 unspecified atom stereocenters. The zero-order valence-corrected chi connectivity index (χ0v) is 10.7. The molecule has 2 N–H and O–H groups in total. The van der Waals surface area contributed by atoms with Crippen LogP contribution in [0.1, 0.15) is 20.2 Å². The molecule has 6 nitrogen and oxygen atoms in total. The molecule has 0 saturated heterocycles. The maximum Gasteiger partial charge on any atom is 0.354 e. The first-order valence-corrected chi connectivity index (χ1v) is 6.12. The first-order chi connectivity index (χ1) is 9.10. The van der Waals surface area contributed by atoms with Gasteiger partial charge in [-0.1, -0.05) is 6.07 Å². The van der Waals surface area contributed by atoms with Gasteiger partial charge in [0, 0.05) is 11.4 Å². The Balaban J connectivity index is 2.14. The van der Waals surface area contributed by atoms with Crippen LogP contribution in [0.25, 0.3) is 0 Å². The zero-order valence-electron chi connectivity index (χ0n) is 9.91. The smallest absolute Gasteiger partial charge is 0.354 e. The molecule has 1 amide bonds. The summed E-state index contributed by atoms with van der Waals surface area (Å²) < 4.78 is 4.98. The van der Waals surface area contributed by atoms with Crippen molar-refractivity contribution in [1.29, 1.82) is 0 Å². The van der Waals surface area contributed by atoms with Gasteiger partial charge in [0.05, 0.1) is 12.0 Å². The number of carboxylic acid groups (broad SMARTS) is 1. The normalized spacial score (nSPS) is 9.95. The number of nitrogens with zero attached hydrogens (tertiary/aromatic N) is 1. The molecule has 2 aromatic heterocycles. The third-order valence-electron chi connectivity index (χ3n) is 2.24. The molecule has 98 valence electrons. The first-order valence-electron chi connectivity index (χ1n) is 5.24. The van der Waals surface area contributed by atoms with Gasteiger partial charge < -0.3 is 15.2 Å². The summed E-state index contributed by atoms with van der Waals surface area (Å²) in [7, 11) is 1.52. The fourth-order valence-electron chi connectivity index (χ4n) is 1.35. The van der Waals surface area contributed by atoms with Gasteiger partial charge in [-0.15, -0.1) is 11.3 Å². The summed E-state index contributed by atoms with van der Waals surface area (Å²) in [5.41, 5.74) is -0.124. The van der Waals surface area contributed by atoms with E-state index in [-0.39, 0.29) is 17.4 Å². The summed E-state index contributed by atoms with van der Waals surface area (Å²) >= 11 is 1.23. The highest BCUT2D eigenvalue weighted by atomic mass is 32.1. The van der Waals surface area contributed by atoms with E-state index in [1.165, 1.54) is 36.6 Å². The second-order valence-corrected chi connectivity index (χ2v) is 4.43. The molecule has 0 aliphatic carbocycles. The first kappa shape index (κ1) is 13.0. The van der Waals surface area contributed by atoms with Gasteiger partial charge in [0.1, 0.15) is 11.6 Å². The summed E-state index contributed by atoms with van der Waals surface area (Å²) in [4.78, 5) is 26.9. The minimum atomic E-state index is -1.14. The van der Waals surface area contributed by atoms with Crippen LogP contribution in [0, 0.1) is 0 Å². The maximum absolute atomic E-state index is 11.9. The standard InChI is InChI=1S/C12H10N2O4S/c1-18-7-5-9(19-6-7)11(15)14-10-4-2-3-8(13-10)12(16)17/h2-6H,1H3,(H,16,17)(H,13,14,15). The van der Waals surface area contributed by atoms with Crippen molar-refractivity contribution >= 4 is 29.0 Å². The van der Waals surface area contributed by atoms with Crippen molar-refractivity contribution in [3.05, 3.63) is 40.2 Å². The zero-order chi connectivity index (χ0) is 13.8. The Kier molecular flexibility index (Phi) is 3.76. The summed E-state index contributed by atoms with van der Waals surface area (Å²) in [5.74, 6) is -0.711. The Morgan fingerprint density at radius 3 is 2.84 bits per heavy atom. The molecule has 0 aliphatic heterocycles. The average molecular weight is 278 g/mol. The Labute approximate surface area is 112 Å². The third-order valence-corrected chi connectivity index (χ3v) is 3.15. The van der Waals surface area contributed by atoms with Gasteiger partial charge in [-0.25, -0.2) is 9.78 Å². The number of rotatable bonds is 4. The minimum Gasteiger partial charge on any atom is -0.496 e. The van der Waals surface area contributed by atoms with E-state index >= 15 is 0 Å². The van der Waals surface area contributed by atoms with Gasteiger partial charge in [0.25, 0.3) is 5.91 Å². The van der Waals surface area contributed by atoms with Crippen LogP contribution in [0.15, 0.2) is 29.6 Å². The molecule has 7 heteroatoms. The molecule has 0 bridgehead atoms. The van der Waals surface area contributed by atoms with Gasteiger partial charge in [0.15, 0.2) is 5.69 Å². The molecule has 0 spiro atoms. The summed E-state index contributed by atoms with van der Waals surface area (Å²) in [6.07, 6.45) is 0. The van der Waals surface area contributed by atoms with Gasteiger partial charge >= 0.3 is 5.97 Å². The van der Waals surface area contributed by atoms with E-state index < -0.39 is 5.97 Å². The van der Waals surface area contributed by atoms with E-state index in [4.69, 9.17) is 9.84 Å². The fourth-order valence-corrected chi connectivity index (χ4v) is 2.10. The number of pyridine rings is 1. The Morgan fingerprint density at radius 2 is 2.21 bits per heavy atom. The van der Waals surface area contributed by atoms with Crippen LogP contribution in [0.2, 0.25) is 0 Å². The highest BCUT2D eigenvalue weighted by Gasteiger charge is 2.12. The van der Waals surface area contributed by atoms with Crippen LogP contribution in [-0.2, 0) is 0 Å². The molecular formula is C12H10N2O4S. The number of nitrogens with one attached hydrogen (secondary N) is 1. The largest absolute Gasteiger partial charge is 0.496 e. The van der Waals surface area contributed by atoms with Crippen LogP contribution >= 0.6 is 11.3 Å². The van der Waals surface area contributed by atoms with E-state index in [1.807, 2.05) is 0 Å². The van der Waals surface area contributed by atoms with Crippen molar-refractivity contribution in [2.24, 2.45) is 0 Å². The van der Waals surface area contributed by atoms with Crippen LogP contribution in [-0.4, -0.2) is 29.1 Å². The number of aromatic nitrogens is 1. The number of ether oxygens (including phenoxy) is 1. The number of hydrogen-bond donors (Lipinski definition) is 2. The number of carbonyl (C=O) groups excluding carboxylic acids is 1. The van der Waals surface area contributed by atoms with E-state index in [0.717, 1.165) is 0 Å². The second kappa shape index (κ2) is 5.49. The number of carboxylic acids is 1. The molecule has 0 atom stereocenters. The summed E-state index contributed by atoms with van der Waals surface area (Å²) in [6, 6.07) is 5.99. The monoisotopic (exact) mass is 278 g/mol. The van der Waals surface area contributed by atoms with Crippen molar-refractivity contribution < 1.29 is 19.4 Å². The molecule has 0 fully saturated rings. The Morgan fingerprint density at radius 1 is 1.42 bits per heavy atom. The van der Waals surface area contributed by atoms with Crippen LogP contribution in [0.5, 0.6) is 5.75 Å². The minimum absolute atomic E-state index is 0.124. The lowest BCUT2D eigenvalue weighted by molar-refractivity contribution is 0.0690. The Bertz CT molecular complexity index is 624. The average Bonchev–Trinajstić information content (AvgIpc) is 2.88. The maximum atomic E-state index is 11.9. The molecule has 0 radical (unpaired) electrons. The number of anilines is 1. The fraction of sp³-hybridized carbons (Fsp3) is 0.0833. The van der Waals surface area contributed by atoms with Gasteiger partial charge in [0.2, 0.25) is 0 Å². The molecule has 2 aromatic rings. The van der Waals surface area contributed by atoms with Crippen molar-refractivity contribution in [1.82, 2.24) is 4.98 Å². The number of carbonyl (C=O) groups is 2. The third kappa shape index (κ3) is 3.08. The van der Waals surface area contributed by atoms with E-state index in [2.05, 4.69) is 10.3 Å². The number of thiophene rings is 1. The van der Waals surface area contributed by atoms with Crippen LogP contribution in [0.3, 0.4) is 0 Å². The second-order valence-electron chi connectivity index (χ2n) is 3.52. The van der Waals surface area contributed by atoms with Gasteiger partial charge in [-0.05, 0) is 12.1 Å². The highest BCUT2D eigenvalue weighted by molar-refractivity contribution is 7.12. The van der Waals surface area contributed by atoms with Gasteiger partial charge in [-0.2, -0.15) is 0 Å². The highest BCUT2D eigenvalue weighted by Crippen LogP contribution is 2.21. The van der Waals surface area contributed by atoms with E-state index in [9.17, 15) is 9.59 Å². The topological polar surface area (TPSA) is 88.5 Å². The molecule has 0 aromatic carbocycles. The Hall–Kier alpha value is -2.41. The predicted octanol–water partition coefficient (Wildman–Crippen LogP) is 2.10. The molecule has 2 heterocycles. The SMILES string of the molecule is COc1csc(C(=O)Nc2cccc(C(=O)O)n2)c1. The van der Waals surface area contributed by atoms with Crippen molar-refractivity contribution in [2.75, 3.05) is 12.4 Å². The van der Waals surface area contributed by atoms with E-state index in [0.29, 0.717) is 10.6 Å². The lowest BCUT2D eigenvalue weighted by Gasteiger charge is -2.03. The lowest BCUT2D eigenvalue weighted by Crippen LogP contribution is -2.12. The van der Waals surface area contributed by atoms with Crippen LogP contribution < -0.4 is 10.1 Å². The molecule has 19 heavy (non-hydrogen) atoms. The van der Waals surface area contributed by atoms with Crippen molar-refractivity contribution in [3.8, 4) is 5.75 Å². The van der Waals surface area contributed by atoms with Crippen molar-refractivity contribution in [2.45, 2.75) is 0 Å². The number of amides is 1. The molecule has 0 aliphatic rings. The van der Waals surface area contributed by atoms with Crippen molar-refractivity contribution in [3.63, 3.8) is 0 Å².